The Labute approximate surface area is 84.5 Å². The smallest absolute Gasteiger partial charge is 0.329 e. The van der Waals surface area contributed by atoms with Gasteiger partial charge in [-0.25, -0.2) is 0 Å². The van der Waals surface area contributed by atoms with E-state index in [4.69, 9.17) is 14.8 Å². The van der Waals surface area contributed by atoms with Crippen LogP contribution in [0.1, 0.15) is 20.8 Å². The molecule has 0 heterocycles. The maximum Gasteiger partial charge on any atom is 0.342 e. The van der Waals surface area contributed by atoms with Crippen LogP contribution < -0.4 is 5.73 Å². The SMILES string of the molecule is CCOP(=O)(OCC)C(CN)C(C)=O. The average molecular weight is 223 g/mol. The van der Waals surface area contributed by atoms with Crippen LogP contribution >= 0.6 is 7.60 Å². The lowest BCUT2D eigenvalue weighted by Crippen LogP contribution is -2.29. The summed E-state index contributed by atoms with van der Waals surface area (Å²) in [6.45, 7) is 5.18. The number of carbonyl (C=O) groups excluding carboxylic acids is 1. The van der Waals surface area contributed by atoms with Gasteiger partial charge in [0.2, 0.25) is 0 Å². The fourth-order valence-corrected chi connectivity index (χ4v) is 2.95. The summed E-state index contributed by atoms with van der Waals surface area (Å²) < 4.78 is 22.1. The molecule has 0 saturated heterocycles. The number of Topliss-reactive ketones (excluding diaryl/α,β-unsaturated/α-hetero) is 1. The van der Waals surface area contributed by atoms with E-state index in [1.807, 2.05) is 0 Å². The van der Waals surface area contributed by atoms with E-state index in [1.165, 1.54) is 6.92 Å². The highest BCUT2D eigenvalue weighted by Crippen LogP contribution is 2.52. The van der Waals surface area contributed by atoms with Crippen molar-refractivity contribution in [2.75, 3.05) is 19.8 Å². The molecule has 0 aliphatic heterocycles. The molecule has 1 atom stereocenters. The summed E-state index contributed by atoms with van der Waals surface area (Å²) >= 11 is 0. The van der Waals surface area contributed by atoms with Crippen LogP contribution in [0.15, 0.2) is 0 Å². The molecule has 0 amide bonds. The molecule has 14 heavy (non-hydrogen) atoms. The molecule has 0 fully saturated rings. The summed E-state index contributed by atoms with van der Waals surface area (Å²) in [7, 11) is -3.36. The third-order valence-electron chi connectivity index (χ3n) is 1.69. The lowest BCUT2D eigenvalue weighted by Gasteiger charge is -2.22. The highest BCUT2D eigenvalue weighted by atomic mass is 31.2. The standard InChI is InChI=1S/C8H18NO4P/c1-4-12-14(11,13-5-2)8(6-9)7(3)10/h8H,4-6,9H2,1-3H3. The minimum Gasteiger partial charge on any atom is -0.329 e. The second kappa shape index (κ2) is 6.30. The van der Waals surface area contributed by atoms with Crippen molar-refractivity contribution in [3.63, 3.8) is 0 Å². The van der Waals surface area contributed by atoms with E-state index in [9.17, 15) is 9.36 Å². The van der Waals surface area contributed by atoms with E-state index in [2.05, 4.69) is 0 Å². The second-order valence-corrected chi connectivity index (χ2v) is 4.96. The van der Waals surface area contributed by atoms with Crippen molar-refractivity contribution >= 4 is 13.4 Å². The zero-order valence-electron chi connectivity index (χ0n) is 8.86. The van der Waals surface area contributed by atoms with Gasteiger partial charge < -0.3 is 14.8 Å². The van der Waals surface area contributed by atoms with Crippen molar-refractivity contribution in [1.29, 1.82) is 0 Å². The van der Waals surface area contributed by atoms with Gasteiger partial charge in [-0.05, 0) is 20.8 Å². The minimum atomic E-state index is -3.36. The Hall–Kier alpha value is -0.220. The van der Waals surface area contributed by atoms with Gasteiger partial charge in [0.05, 0.1) is 13.2 Å². The van der Waals surface area contributed by atoms with E-state index in [-0.39, 0.29) is 25.5 Å². The highest BCUT2D eigenvalue weighted by Gasteiger charge is 2.37. The monoisotopic (exact) mass is 223 g/mol. The van der Waals surface area contributed by atoms with Gasteiger partial charge in [-0.2, -0.15) is 0 Å². The quantitative estimate of drug-likeness (QED) is 0.655. The van der Waals surface area contributed by atoms with Gasteiger partial charge in [-0.3, -0.25) is 9.36 Å². The third-order valence-corrected chi connectivity index (χ3v) is 4.27. The van der Waals surface area contributed by atoms with Crippen LogP contribution in [0, 0.1) is 0 Å². The lowest BCUT2D eigenvalue weighted by atomic mass is 10.3. The topological polar surface area (TPSA) is 78.6 Å². The van der Waals surface area contributed by atoms with E-state index >= 15 is 0 Å². The van der Waals surface area contributed by atoms with Crippen LogP contribution in [0.3, 0.4) is 0 Å². The van der Waals surface area contributed by atoms with E-state index in [0.717, 1.165) is 0 Å². The predicted octanol–water partition coefficient (Wildman–Crippen LogP) is 1.17. The number of carbonyl (C=O) groups is 1. The normalized spacial score (nSPS) is 14.0. The number of rotatable bonds is 7. The third kappa shape index (κ3) is 3.50. The van der Waals surface area contributed by atoms with E-state index in [0.29, 0.717) is 0 Å². The molecule has 0 aromatic rings. The van der Waals surface area contributed by atoms with Crippen LogP contribution in [0.2, 0.25) is 0 Å². The number of hydrogen-bond donors (Lipinski definition) is 1. The summed E-state index contributed by atoms with van der Waals surface area (Å²) in [6, 6.07) is 0. The molecular formula is C8H18NO4P. The van der Waals surface area contributed by atoms with Crippen molar-refractivity contribution < 1.29 is 18.4 Å². The van der Waals surface area contributed by atoms with E-state index < -0.39 is 13.3 Å². The number of hydrogen-bond acceptors (Lipinski definition) is 5. The first kappa shape index (κ1) is 13.8. The van der Waals surface area contributed by atoms with Gasteiger partial charge in [0.15, 0.2) is 0 Å². The molecule has 0 rings (SSSR count). The summed E-state index contributed by atoms with van der Waals surface area (Å²) in [5.41, 5.74) is 4.52. The zero-order valence-corrected chi connectivity index (χ0v) is 9.75. The van der Waals surface area contributed by atoms with Crippen molar-refractivity contribution in [2.45, 2.75) is 26.4 Å². The molecule has 0 aliphatic carbocycles. The average Bonchev–Trinajstić information content (AvgIpc) is 2.04. The fourth-order valence-electron chi connectivity index (χ4n) is 1.09. The van der Waals surface area contributed by atoms with Crippen molar-refractivity contribution in [3.05, 3.63) is 0 Å². The molecule has 0 bridgehead atoms. The summed E-state index contributed by atoms with van der Waals surface area (Å²) in [4.78, 5) is 11.2. The Kier molecular flexibility index (Phi) is 6.20. The molecule has 0 aliphatic rings. The maximum absolute atomic E-state index is 12.0. The Morgan fingerprint density at radius 3 is 2.00 bits per heavy atom. The van der Waals surface area contributed by atoms with Gasteiger partial charge in [0.25, 0.3) is 0 Å². The summed E-state index contributed by atoms with van der Waals surface area (Å²) in [5.74, 6) is -0.266. The molecule has 6 heteroatoms. The lowest BCUT2D eigenvalue weighted by molar-refractivity contribution is -0.116. The first-order valence-electron chi connectivity index (χ1n) is 4.61. The Bertz CT molecular complexity index is 221. The second-order valence-electron chi connectivity index (χ2n) is 2.74. The molecule has 2 N–H and O–H groups in total. The van der Waals surface area contributed by atoms with E-state index in [1.54, 1.807) is 13.8 Å². The van der Waals surface area contributed by atoms with Crippen molar-refractivity contribution in [1.82, 2.24) is 0 Å². The molecule has 1 unspecified atom stereocenters. The van der Waals surface area contributed by atoms with Crippen LogP contribution in [-0.2, 0) is 18.4 Å². The first-order valence-corrected chi connectivity index (χ1v) is 6.22. The molecule has 0 radical (unpaired) electrons. The van der Waals surface area contributed by atoms with Gasteiger partial charge in [0.1, 0.15) is 11.4 Å². The van der Waals surface area contributed by atoms with Gasteiger partial charge >= 0.3 is 7.60 Å². The first-order chi connectivity index (χ1) is 6.51. The molecule has 0 saturated carbocycles. The summed E-state index contributed by atoms with van der Waals surface area (Å²) in [5, 5.41) is 0. The molecule has 0 aromatic heterocycles. The number of nitrogens with two attached hydrogens (primary N) is 1. The Morgan fingerprint density at radius 2 is 1.79 bits per heavy atom. The number of ketones is 1. The molecule has 84 valence electrons. The maximum atomic E-state index is 12.0. The van der Waals surface area contributed by atoms with Crippen LogP contribution in [0.5, 0.6) is 0 Å². The zero-order chi connectivity index (χ0) is 11.2. The van der Waals surface area contributed by atoms with Crippen LogP contribution in [0.25, 0.3) is 0 Å². The molecule has 5 nitrogen and oxygen atoms in total. The molecule has 0 spiro atoms. The molecule has 0 aromatic carbocycles. The van der Waals surface area contributed by atoms with Gasteiger partial charge in [0, 0.05) is 6.54 Å². The predicted molar refractivity (Wildman–Crippen MR) is 54.4 cm³/mol. The van der Waals surface area contributed by atoms with Crippen molar-refractivity contribution in [3.8, 4) is 0 Å². The van der Waals surface area contributed by atoms with Gasteiger partial charge in [-0.1, -0.05) is 0 Å². The van der Waals surface area contributed by atoms with Crippen LogP contribution in [0.4, 0.5) is 0 Å². The Morgan fingerprint density at radius 1 is 1.36 bits per heavy atom. The van der Waals surface area contributed by atoms with Crippen LogP contribution in [-0.4, -0.2) is 31.2 Å². The largest absolute Gasteiger partial charge is 0.342 e. The van der Waals surface area contributed by atoms with Crippen molar-refractivity contribution in [2.24, 2.45) is 5.73 Å². The molecular weight excluding hydrogens is 205 g/mol. The summed E-state index contributed by atoms with van der Waals surface area (Å²) in [6.07, 6.45) is 0. The highest BCUT2D eigenvalue weighted by molar-refractivity contribution is 7.55. The fraction of sp³-hybridized carbons (Fsp3) is 0.875. The van der Waals surface area contributed by atoms with Gasteiger partial charge in [-0.15, -0.1) is 0 Å². The Balaban J connectivity index is 4.76. The minimum absolute atomic E-state index is 0.0212.